The second-order valence-electron chi connectivity index (χ2n) is 11.8. The molecule has 4 aliphatic carbocycles. The van der Waals surface area contributed by atoms with Crippen LogP contribution in [0.2, 0.25) is 0 Å². The molecule has 0 bridgehead atoms. The molecule has 1 N–H and O–H groups in total. The Kier molecular flexibility index (Phi) is 5.51. The minimum Gasteiger partial charge on any atom is -0.512 e. The Labute approximate surface area is 174 Å². The summed E-state index contributed by atoms with van der Waals surface area (Å²) in [5, 5.41) is 10.9. The van der Waals surface area contributed by atoms with Crippen molar-refractivity contribution in [2.75, 3.05) is 0 Å². The van der Waals surface area contributed by atoms with Gasteiger partial charge >= 0.3 is 0 Å². The summed E-state index contributed by atoms with van der Waals surface area (Å²) in [6, 6.07) is 0. The predicted octanol–water partition coefficient (Wildman–Crippen LogP) is 7.94. The molecule has 0 amide bonds. The first kappa shape index (κ1) is 20.5. The Morgan fingerprint density at radius 3 is 2.54 bits per heavy atom. The molecule has 4 rings (SSSR count). The highest BCUT2D eigenvalue weighted by Gasteiger charge is 2.60. The maximum atomic E-state index is 10.9. The molecule has 0 spiro atoms. The van der Waals surface area contributed by atoms with Gasteiger partial charge in [0.1, 0.15) is 0 Å². The van der Waals surface area contributed by atoms with Crippen LogP contribution >= 0.6 is 0 Å². The summed E-state index contributed by atoms with van der Waals surface area (Å²) in [7, 11) is 0. The van der Waals surface area contributed by atoms with Crippen LogP contribution in [-0.4, -0.2) is 5.11 Å². The van der Waals surface area contributed by atoms with Crippen LogP contribution in [0.5, 0.6) is 0 Å². The lowest BCUT2D eigenvalue weighted by molar-refractivity contribution is -0.0893. The normalized spacial score (nSPS) is 45.9. The number of aliphatic hydroxyl groups excluding tert-OH is 1. The van der Waals surface area contributed by atoms with Crippen LogP contribution in [0.15, 0.2) is 24.0 Å². The average molecular weight is 385 g/mol. The Bertz CT molecular complexity index is 630. The summed E-state index contributed by atoms with van der Waals surface area (Å²) in [6.45, 7) is 12.3. The number of hydrogen-bond donors (Lipinski definition) is 1. The third-order valence-electron chi connectivity index (χ3n) is 10.1. The molecule has 1 unspecified atom stereocenters. The maximum absolute atomic E-state index is 10.9. The van der Waals surface area contributed by atoms with E-state index in [0.717, 1.165) is 29.6 Å². The van der Waals surface area contributed by atoms with E-state index in [0.29, 0.717) is 23.0 Å². The van der Waals surface area contributed by atoms with Crippen LogP contribution in [0.4, 0.5) is 0 Å². The SMILES string of the molecule is CC(C)CCC[C@@H](C)[C@H]1CC[C@H]2[C@@H]3CCC4C=CC=C(O)[C@]4(C)[C@H]3CC[C@]12C. The molecule has 3 saturated carbocycles. The lowest BCUT2D eigenvalue weighted by atomic mass is 9.45. The van der Waals surface area contributed by atoms with E-state index in [1.165, 1.54) is 57.8 Å². The summed E-state index contributed by atoms with van der Waals surface area (Å²) in [4.78, 5) is 0. The lowest BCUT2D eigenvalue weighted by Crippen LogP contribution is -2.53. The van der Waals surface area contributed by atoms with Crippen LogP contribution in [0.25, 0.3) is 0 Å². The molecular formula is C27H44O. The van der Waals surface area contributed by atoms with Crippen LogP contribution in [0.1, 0.15) is 92.4 Å². The topological polar surface area (TPSA) is 20.2 Å². The molecule has 0 aromatic heterocycles. The van der Waals surface area contributed by atoms with E-state index in [1.807, 2.05) is 6.08 Å². The van der Waals surface area contributed by atoms with Crippen molar-refractivity contribution >= 4 is 0 Å². The second-order valence-corrected chi connectivity index (χ2v) is 11.8. The fourth-order valence-corrected chi connectivity index (χ4v) is 8.54. The average Bonchev–Trinajstić information content (AvgIpc) is 3.00. The van der Waals surface area contributed by atoms with Crippen LogP contribution in [0.3, 0.4) is 0 Å². The van der Waals surface area contributed by atoms with Crippen LogP contribution < -0.4 is 0 Å². The van der Waals surface area contributed by atoms with Gasteiger partial charge in [-0.1, -0.05) is 66.0 Å². The second kappa shape index (κ2) is 7.51. The Hall–Kier alpha value is -0.720. The molecule has 1 heteroatoms. The molecule has 0 aromatic carbocycles. The van der Waals surface area contributed by atoms with Gasteiger partial charge in [-0.25, -0.2) is 0 Å². The van der Waals surface area contributed by atoms with Gasteiger partial charge in [0.05, 0.1) is 5.76 Å². The van der Waals surface area contributed by atoms with Gasteiger partial charge in [-0.2, -0.15) is 0 Å². The minimum atomic E-state index is -0.0000360. The van der Waals surface area contributed by atoms with Crippen molar-refractivity contribution in [1.29, 1.82) is 0 Å². The van der Waals surface area contributed by atoms with Crippen LogP contribution in [0, 0.1) is 52.3 Å². The zero-order chi connectivity index (χ0) is 20.1. The highest BCUT2D eigenvalue weighted by atomic mass is 16.3. The first-order chi connectivity index (χ1) is 13.3. The fourth-order valence-electron chi connectivity index (χ4n) is 8.54. The number of aliphatic hydroxyl groups is 1. The largest absolute Gasteiger partial charge is 0.512 e. The van der Waals surface area contributed by atoms with E-state index < -0.39 is 0 Å². The summed E-state index contributed by atoms with van der Waals surface area (Å²) in [5.74, 6) is 6.27. The highest BCUT2D eigenvalue weighted by Crippen LogP contribution is 2.68. The molecule has 3 fully saturated rings. The molecule has 0 saturated heterocycles. The van der Waals surface area contributed by atoms with Crippen molar-refractivity contribution in [3.8, 4) is 0 Å². The quantitative estimate of drug-likeness (QED) is 0.510. The zero-order valence-corrected chi connectivity index (χ0v) is 19.1. The molecular weight excluding hydrogens is 340 g/mol. The van der Waals surface area contributed by atoms with Gasteiger partial charge in [0.25, 0.3) is 0 Å². The lowest BCUT2D eigenvalue weighted by Gasteiger charge is -2.59. The van der Waals surface area contributed by atoms with Crippen molar-refractivity contribution in [2.45, 2.75) is 92.4 Å². The molecule has 1 nitrogen and oxygen atoms in total. The zero-order valence-electron chi connectivity index (χ0n) is 19.1. The van der Waals surface area contributed by atoms with E-state index in [4.69, 9.17) is 0 Å². The smallest absolute Gasteiger partial charge is 0.0990 e. The molecule has 0 aliphatic heterocycles. The van der Waals surface area contributed by atoms with Crippen molar-refractivity contribution in [2.24, 2.45) is 52.3 Å². The molecule has 4 aliphatic rings. The molecule has 8 atom stereocenters. The standard InChI is InChI=1S/C27H44O/c1-18(2)8-6-9-19(3)22-14-15-23-21-13-12-20-10-7-11-25(28)27(20,5)24(21)16-17-26(22,23)4/h7,10-11,18-24,28H,6,8-9,12-17H2,1-5H3/t19-,20?,21+,22-,23+,24+,26-,27+/m1/s1. The van der Waals surface area contributed by atoms with Crippen molar-refractivity contribution in [1.82, 2.24) is 0 Å². The van der Waals surface area contributed by atoms with E-state index in [-0.39, 0.29) is 5.41 Å². The van der Waals surface area contributed by atoms with Gasteiger partial charge in [0, 0.05) is 5.41 Å². The van der Waals surface area contributed by atoms with Gasteiger partial charge in [-0.15, -0.1) is 0 Å². The van der Waals surface area contributed by atoms with Gasteiger partial charge < -0.3 is 5.11 Å². The van der Waals surface area contributed by atoms with E-state index in [2.05, 4.69) is 46.8 Å². The van der Waals surface area contributed by atoms with Gasteiger partial charge in [0.15, 0.2) is 0 Å². The molecule has 28 heavy (non-hydrogen) atoms. The third kappa shape index (κ3) is 3.10. The predicted molar refractivity (Wildman–Crippen MR) is 119 cm³/mol. The molecule has 0 radical (unpaired) electrons. The van der Waals surface area contributed by atoms with E-state index in [1.54, 1.807) is 0 Å². The van der Waals surface area contributed by atoms with E-state index in [9.17, 15) is 5.11 Å². The summed E-state index contributed by atoms with van der Waals surface area (Å²) < 4.78 is 0. The first-order valence-electron chi connectivity index (χ1n) is 12.4. The monoisotopic (exact) mass is 384 g/mol. The highest BCUT2D eigenvalue weighted by molar-refractivity contribution is 5.27. The summed E-state index contributed by atoms with van der Waals surface area (Å²) >= 11 is 0. The number of fused-ring (bicyclic) bond motifs is 5. The van der Waals surface area contributed by atoms with Crippen LogP contribution in [-0.2, 0) is 0 Å². The molecule has 158 valence electrons. The third-order valence-corrected chi connectivity index (χ3v) is 10.1. The first-order valence-corrected chi connectivity index (χ1v) is 12.4. The Morgan fingerprint density at radius 2 is 1.79 bits per heavy atom. The van der Waals surface area contributed by atoms with Crippen molar-refractivity contribution < 1.29 is 5.11 Å². The Morgan fingerprint density at radius 1 is 1.00 bits per heavy atom. The number of hydrogen-bond acceptors (Lipinski definition) is 1. The minimum absolute atomic E-state index is 0.0000360. The number of allylic oxidation sites excluding steroid dienone is 4. The summed E-state index contributed by atoms with van der Waals surface area (Å²) in [5.41, 5.74) is 0.547. The van der Waals surface area contributed by atoms with E-state index >= 15 is 0 Å². The van der Waals surface area contributed by atoms with Gasteiger partial charge in [-0.3, -0.25) is 0 Å². The Balaban J connectivity index is 1.51. The summed E-state index contributed by atoms with van der Waals surface area (Å²) in [6.07, 6.45) is 19.0. The van der Waals surface area contributed by atoms with Crippen molar-refractivity contribution in [3.05, 3.63) is 24.0 Å². The van der Waals surface area contributed by atoms with Gasteiger partial charge in [0.2, 0.25) is 0 Å². The van der Waals surface area contributed by atoms with Gasteiger partial charge in [-0.05, 0) is 91.4 Å². The van der Waals surface area contributed by atoms with Crippen molar-refractivity contribution in [3.63, 3.8) is 0 Å². The molecule has 0 heterocycles. The fraction of sp³-hybridized carbons (Fsp3) is 0.852. The number of rotatable bonds is 5. The maximum Gasteiger partial charge on any atom is 0.0990 e. The molecule has 0 aromatic rings.